The van der Waals surface area contributed by atoms with Gasteiger partial charge in [-0.2, -0.15) is 4.98 Å². The van der Waals surface area contributed by atoms with Crippen molar-refractivity contribution in [2.24, 2.45) is 0 Å². The summed E-state index contributed by atoms with van der Waals surface area (Å²) < 4.78 is 4.98. The minimum Gasteiger partial charge on any atom is -0.339 e. The molecule has 0 fully saturated rings. The van der Waals surface area contributed by atoms with Crippen LogP contribution in [0.4, 0.5) is 5.82 Å². The SMILES string of the molecule is Cc1noc(CCC(=O)Nc2ccnc(-c3ccccc3)n2)n1. The molecule has 0 radical (unpaired) electrons. The summed E-state index contributed by atoms with van der Waals surface area (Å²) in [5.41, 5.74) is 0.893. The Hall–Kier alpha value is -3.09. The number of hydrogen-bond donors (Lipinski definition) is 1. The van der Waals surface area contributed by atoms with E-state index in [0.717, 1.165) is 5.56 Å². The molecule has 0 aliphatic rings. The third kappa shape index (κ3) is 3.97. The van der Waals surface area contributed by atoms with Crippen molar-refractivity contribution in [3.63, 3.8) is 0 Å². The Labute approximate surface area is 132 Å². The second-order valence-electron chi connectivity index (χ2n) is 4.92. The molecule has 2 heterocycles. The van der Waals surface area contributed by atoms with Crippen LogP contribution in [0.25, 0.3) is 11.4 Å². The fraction of sp³-hybridized carbons (Fsp3) is 0.188. The molecule has 1 N–H and O–H groups in total. The summed E-state index contributed by atoms with van der Waals surface area (Å²) in [5, 5.41) is 6.43. The fourth-order valence-electron chi connectivity index (χ4n) is 2.02. The molecule has 0 bridgehead atoms. The van der Waals surface area contributed by atoms with Crippen molar-refractivity contribution < 1.29 is 9.32 Å². The fourth-order valence-corrected chi connectivity index (χ4v) is 2.02. The number of hydrogen-bond acceptors (Lipinski definition) is 6. The zero-order chi connectivity index (χ0) is 16.1. The monoisotopic (exact) mass is 309 g/mol. The maximum Gasteiger partial charge on any atom is 0.227 e. The molecule has 7 heteroatoms. The van der Waals surface area contributed by atoms with E-state index in [-0.39, 0.29) is 12.3 Å². The number of aromatic nitrogens is 4. The second-order valence-corrected chi connectivity index (χ2v) is 4.92. The summed E-state index contributed by atoms with van der Waals surface area (Å²) in [6.45, 7) is 1.74. The summed E-state index contributed by atoms with van der Waals surface area (Å²) in [7, 11) is 0. The van der Waals surface area contributed by atoms with Crippen molar-refractivity contribution in [3.05, 3.63) is 54.3 Å². The summed E-state index contributed by atoms with van der Waals surface area (Å²) in [4.78, 5) is 24.6. The normalized spacial score (nSPS) is 10.5. The Kier molecular flexibility index (Phi) is 4.37. The molecule has 3 aromatic rings. The summed E-state index contributed by atoms with van der Waals surface area (Å²) >= 11 is 0. The van der Waals surface area contributed by atoms with E-state index < -0.39 is 0 Å². The lowest BCUT2D eigenvalue weighted by Gasteiger charge is -2.05. The molecule has 23 heavy (non-hydrogen) atoms. The number of carbonyl (C=O) groups is 1. The van der Waals surface area contributed by atoms with Gasteiger partial charge < -0.3 is 9.84 Å². The average molecular weight is 309 g/mol. The van der Waals surface area contributed by atoms with Crippen molar-refractivity contribution in [1.82, 2.24) is 20.1 Å². The minimum atomic E-state index is -0.168. The number of nitrogens with zero attached hydrogens (tertiary/aromatic N) is 4. The third-order valence-electron chi connectivity index (χ3n) is 3.09. The maximum atomic E-state index is 12.0. The van der Waals surface area contributed by atoms with Gasteiger partial charge in [-0.05, 0) is 13.0 Å². The van der Waals surface area contributed by atoms with Crippen molar-refractivity contribution in [3.8, 4) is 11.4 Å². The third-order valence-corrected chi connectivity index (χ3v) is 3.09. The standard InChI is InChI=1S/C16H15N5O2/c1-11-18-15(23-21-11)8-7-14(22)19-13-9-10-17-16(20-13)12-5-3-2-4-6-12/h2-6,9-10H,7-8H2,1H3,(H,17,19,20,22). The Balaban J connectivity index is 1.62. The molecule has 0 aliphatic heterocycles. The summed E-state index contributed by atoms with van der Waals surface area (Å²) in [6.07, 6.45) is 2.25. The first-order chi connectivity index (χ1) is 11.2. The van der Waals surface area contributed by atoms with E-state index in [1.807, 2.05) is 30.3 Å². The van der Waals surface area contributed by atoms with Crippen LogP contribution in [0.2, 0.25) is 0 Å². The van der Waals surface area contributed by atoms with Gasteiger partial charge in [0.2, 0.25) is 11.8 Å². The highest BCUT2D eigenvalue weighted by molar-refractivity contribution is 5.89. The van der Waals surface area contributed by atoms with Crippen LogP contribution in [0.3, 0.4) is 0 Å². The number of nitrogens with one attached hydrogen (secondary N) is 1. The molecule has 1 amide bonds. The molecular weight excluding hydrogens is 294 g/mol. The molecule has 116 valence electrons. The molecule has 0 unspecified atom stereocenters. The lowest BCUT2D eigenvalue weighted by atomic mass is 10.2. The minimum absolute atomic E-state index is 0.168. The van der Waals surface area contributed by atoms with Crippen molar-refractivity contribution in [2.45, 2.75) is 19.8 Å². The van der Waals surface area contributed by atoms with Gasteiger partial charge in [0, 0.05) is 24.6 Å². The molecular formula is C16H15N5O2. The van der Waals surface area contributed by atoms with Gasteiger partial charge in [-0.3, -0.25) is 4.79 Å². The number of benzene rings is 1. The maximum absolute atomic E-state index is 12.0. The highest BCUT2D eigenvalue weighted by Crippen LogP contribution is 2.15. The number of rotatable bonds is 5. The number of aryl methyl sites for hydroxylation is 2. The topological polar surface area (TPSA) is 93.8 Å². The molecule has 2 aromatic heterocycles. The van der Waals surface area contributed by atoms with Crippen molar-refractivity contribution in [2.75, 3.05) is 5.32 Å². The Bertz CT molecular complexity index is 801. The van der Waals surface area contributed by atoms with Gasteiger partial charge in [-0.1, -0.05) is 35.5 Å². The predicted octanol–water partition coefficient (Wildman–Crippen LogP) is 2.41. The van der Waals surface area contributed by atoms with Gasteiger partial charge >= 0.3 is 0 Å². The zero-order valence-corrected chi connectivity index (χ0v) is 12.6. The van der Waals surface area contributed by atoms with Crippen LogP contribution in [-0.4, -0.2) is 26.0 Å². The first kappa shape index (κ1) is 14.8. The molecule has 1 aromatic carbocycles. The predicted molar refractivity (Wildman–Crippen MR) is 83.5 cm³/mol. The first-order valence-corrected chi connectivity index (χ1v) is 7.18. The van der Waals surface area contributed by atoms with E-state index in [0.29, 0.717) is 29.8 Å². The Morgan fingerprint density at radius 3 is 2.74 bits per heavy atom. The Morgan fingerprint density at radius 2 is 2.00 bits per heavy atom. The van der Waals surface area contributed by atoms with Gasteiger partial charge in [-0.15, -0.1) is 0 Å². The van der Waals surface area contributed by atoms with Crippen LogP contribution in [0.1, 0.15) is 18.1 Å². The highest BCUT2D eigenvalue weighted by Gasteiger charge is 2.09. The largest absolute Gasteiger partial charge is 0.339 e. The van der Waals surface area contributed by atoms with E-state index in [1.165, 1.54) is 0 Å². The quantitative estimate of drug-likeness (QED) is 0.778. The molecule has 0 saturated carbocycles. The van der Waals surface area contributed by atoms with E-state index in [1.54, 1.807) is 19.2 Å². The molecule has 7 nitrogen and oxygen atoms in total. The lowest BCUT2D eigenvalue weighted by Crippen LogP contribution is -2.13. The van der Waals surface area contributed by atoms with Gasteiger partial charge in [0.25, 0.3) is 0 Å². The molecule has 0 spiro atoms. The van der Waals surface area contributed by atoms with Crippen LogP contribution in [-0.2, 0) is 11.2 Å². The highest BCUT2D eigenvalue weighted by atomic mass is 16.5. The van der Waals surface area contributed by atoms with Crippen LogP contribution < -0.4 is 5.32 Å². The van der Waals surface area contributed by atoms with E-state index in [4.69, 9.17) is 4.52 Å². The smallest absolute Gasteiger partial charge is 0.227 e. The average Bonchev–Trinajstić information content (AvgIpc) is 3.00. The zero-order valence-electron chi connectivity index (χ0n) is 12.6. The molecule has 0 aliphatic carbocycles. The number of carbonyl (C=O) groups excluding carboxylic acids is 1. The molecule has 0 atom stereocenters. The molecule has 3 rings (SSSR count). The van der Waals surface area contributed by atoms with Crippen LogP contribution >= 0.6 is 0 Å². The van der Waals surface area contributed by atoms with Crippen LogP contribution in [0.5, 0.6) is 0 Å². The van der Waals surface area contributed by atoms with Crippen molar-refractivity contribution in [1.29, 1.82) is 0 Å². The van der Waals surface area contributed by atoms with E-state index in [2.05, 4.69) is 25.4 Å². The van der Waals surface area contributed by atoms with Crippen molar-refractivity contribution >= 4 is 11.7 Å². The number of amides is 1. The van der Waals surface area contributed by atoms with E-state index >= 15 is 0 Å². The first-order valence-electron chi connectivity index (χ1n) is 7.18. The second kappa shape index (κ2) is 6.78. The summed E-state index contributed by atoms with van der Waals surface area (Å²) in [5.74, 6) is 1.87. The van der Waals surface area contributed by atoms with E-state index in [9.17, 15) is 4.79 Å². The van der Waals surface area contributed by atoms with Crippen LogP contribution in [0, 0.1) is 6.92 Å². The van der Waals surface area contributed by atoms with Gasteiger partial charge in [-0.25, -0.2) is 9.97 Å². The number of anilines is 1. The lowest BCUT2D eigenvalue weighted by molar-refractivity contribution is -0.116. The Morgan fingerprint density at radius 1 is 1.17 bits per heavy atom. The van der Waals surface area contributed by atoms with Gasteiger partial charge in [0.15, 0.2) is 11.6 Å². The van der Waals surface area contributed by atoms with Gasteiger partial charge in [0.1, 0.15) is 5.82 Å². The van der Waals surface area contributed by atoms with Crippen LogP contribution in [0.15, 0.2) is 47.1 Å². The molecule has 0 saturated heterocycles. The summed E-state index contributed by atoms with van der Waals surface area (Å²) in [6, 6.07) is 11.2. The van der Waals surface area contributed by atoms with Gasteiger partial charge in [0.05, 0.1) is 0 Å².